The fourth-order valence-electron chi connectivity index (χ4n) is 3.95. The molecule has 2 aromatic carbocycles. The van der Waals surface area contributed by atoms with Crippen LogP contribution in [0.4, 0.5) is 4.79 Å². The number of benzene rings is 2. The summed E-state index contributed by atoms with van der Waals surface area (Å²) in [5.41, 5.74) is 3.67. The third-order valence-electron chi connectivity index (χ3n) is 5.57. The molecule has 0 radical (unpaired) electrons. The van der Waals surface area contributed by atoms with E-state index in [0.29, 0.717) is 26.3 Å². The van der Waals surface area contributed by atoms with Gasteiger partial charge in [0.25, 0.3) is 0 Å². The first-order valence-corrected chi connectivity index (χ1v) is 11.8. The lowest BCUT2D eigenvalue weighted by Crippen LogP contribution is -2.49. The molecule has 0 N–H and O–H groups in total. The monoisotopic (exact) mass is 446 g/mol. The second-order valence-corrected chi connectivity index (χ2v) is 8.90. The number of rotatable bonds is 5. The quantitative estimate of drug-likeness (QED) is 0.658. The summed E-state index contributed by atoms with van der Waals surface area (Å²) < 4.78 is 11.6. The summed E-state index contributed by atoms with van der Waals surface area (Å²) in [6.07, 6.45) is -0.333. The fourth-order valence-corrected chi connectivity index (χ4v) is 5.20. The van der Waals surface area contributed by atoms with Crippen LogP contribution in [0.5, 0.6) is 0 Å². The highest BCUT2D eigenvalue weighted by atomic mass is 35.5. The van der Waals surface area contributed by atoms with Gasteiger partial charge in [-0.25, -0.2) is 4.79 Å². The Balaban J connectivity index is 1.40. The van der Waals surface area contributed by atoms with E-state index in [4.69, 9.17) is 21.1 Å². The van der Waals surface area contributed by atoms with Gasteiger partial charge in [0, 0.05) is 54.0 Å². The first kappa shape index (κ1) is 21.5. The van der Waals surface area contributed by atoms with E-state index in [1.807, 2.05) is 30.8 Å². The molecule has 160 valence electrons. The molecule has 0 aliphatic carbocycles. The highest BCUT2D eigenvalue weighted by Gasteiger charge is 2.26. The number of hydrogen-bond donors (Lipinski definition) is 0. The standard InChI is InChI=1S/C23H27ClN2O3S/c1-2-28-23(27)26-11-9-25(10-12-26)13-14-29-22-19-6-4-3-5-17(19)16-30-21-8-7-18(24)15-20(21)22/h3-8,15,22H,2,9-14,16H2,1H3. The number of amides is 1. The number of carbonyl (C=O) groups is 1. The van der Waals surface area contributed by atoms with Crippen LogP contribution in [0.15, 0.2) is 47.4 Å². The Kier molecular flexibility index (Phi) is 7.20. The third kappa shape index (κ3) is 4.94. The number of piperazine rings is 1. The Morgan fingerprint density at radius 2 is 1.93 bits per heavy atom. The van der Waals surface area contributed by atoms with Crippen LogP contribution in [-0.4, -0.2) is 61.8 Å². The van der Waals surface area contributed by atoms with Gasteiger partial charge in [0.2, 0.25) is 0 Å². The van der Waals surface area contributed by atoms with Crippen molar-refractivity contribution in [3.63, 3.8) is 0 Å². The van der Waals surface area contributed by atoms with E-state index in [9.17, 15) is 4.79 Å². The molecule has 7 heteroatoms. The zero-order chi connectivity index (χ0) is 20.9. The lowest BCUT2D eigenvalue weighted by molar-refractivity contribution is 0.0403. The zero-order valence-corrected chi connectivity index (χ0v) is 18.8. The summed E-state index contributed by atoms with van der Waals surface area (Å²) in [5.74, 6) is 0.931. The second-order valence-electron chi connectivity index (χ2n) is 7.45. The van der Waals surface area contributed by atoms with Crippen LogP contribution in [0.2, 0.25) is 5.02 Å². The van der Waals surface area contributed by atoms with E-state index in [-0.39, 0.29) is 12.2 Å². The fraction of sp³-hybridized carbons (Fsp3) is 0.435. The molecule has 1 amide bonds. The Morgan fingerprint density at radius 1 is 1.13 bits per heavy atom. The Labute approximate surface area is 187 Å². The van der Waals surface area contributed by atoms with Gasteiger partial charge in [0.15, 0.2) is 0 Å². The third-order valence-corrected chi connectivity index (χ3v) is 6.94. The van der Waals surface area contributed by atoms with Gasteiger partial charge in [0.1, 0.15) is 6.10 Å². The minimum atomic E-state index is -0.213. The van der Waals surface area contributed by atoms with Gasteiger partial charge in [-0.15, -0.1) is 11.8 Å². The largest absolute Gasteiger partial charge is 0.450 e. The van der Waals surface area contributed by atoms with Crippen LogP contribution >= 0.6 is 23.4 Å². The number of nitrogens with zero attached hydrogens (tertiary/aromatic N) is 2. The van der Waals surface area contributed by atoms with E-state index in [0.717, 1.165) is 36.0 Å². The summed E-state index contributed by atoms with van der Waals surface area (Å²) in [6.45, 7) is 6.76. The number of carbonyl (C=O) groups excluding carboxylic acids is 1. The van der Waals surface area contributed by atoms with Crippen molar-refractivity contribution in [3.8, 4) is 0 Å². The number of hydrogen-bond acceptors (Lipinski definition) is 5. The molecule has 2 aliphatic rings. The number of halogens is 1. The van der Waals surface area contributed by atoms with Crippen molar-refractivity contribution in [1.82, 2.24) is 9.80 Å². The SMILES string of the molecule is CCOC(=O)N1CCN(CCOC2c3ccccc3CSc3ccc(Cl)cc32)CC1. The predicted molar refractivity (Wildman–Crippen MR) is 120 cm³/mol. The number of thioether (sulfide) groups is 1. The Morgan fingerprint density at radius 3 is 2.73 bits per heavy atom. The number of ether oxygens (including phenoxy) is 2. The summed E-state index contributed by atoms with van der Waals surface area (Å²) in [5, 5.41) is 0.734. The van der Waals surface area contributed by atoms with Crippen molar-refractivity contribution in [2.24, 2.45) is 0 Å². The molecule has 0 aromatic heterocycles. The molecule has 2 heterocycles. The molecule has 0 saturated carbocycles. The predicted octanol–water partition coefficient (Wildman–Crippen LogP) is 4.83. The Hall–Kier alpha value is -1.73. The van der Waals surface area contributed by atoms with E-state index in [1.165, 1.54) is 16.0 Å². The molecule has 5 nitrogen and oxygen atoms in total. The zero-order valence-electron chi connectivity index (χ0n) is 17.2. The van der Waals surface area contributed by atoms with Crippen molar-refractivity contribution < 1.29 is 14.3 Å². The average molecular weight is 447 g/mol. The summed E-state index contributed by atoms with van der Waals surface area (Å²) >= 11 is 8.16. The molecule has 1 saturated heterocycles. The first-order chi connectivity index (χ1) is 14.7. The van der Waals surface area contributed by atoms with Crippen LogP contribution in [0, 0.1) is 0 Å². The maximum Gasteiger partial charge on any atom is 0.409 e. The molecule has 1 unspecified atom stereocenters. The maximum atomic E-state index is 11.9. The molecule has 4 rings (SSSR count). The lowest BCUT2D eigenvalue weighted by Gasteiger charge is -2.34. The minimum absolute atomic E-state index is 0.120. The van der Waals surface area contributed by atoms with Crippen molar-refractivity contribution in [1.29, 1.82) is 0 Å². The van der Waals surface area contributed by atoms with E-state index < -0.39 is 0 Å². The van der Waals surface area contributed by atoms with Crippen LogP contribution in [0.3, 0.4) is 0 Å². The van der Waals surface area contributed by atoms with Gasteiger partial charge in [-0.2, -0.15) is 0 Å². The molecule has 0 spiro atoms. The van der Waals surface area contributed by atoms with Crippen LogP contribution in [0.1, 0.15) is 29.7 Å². The Bertz CT molecular complexity index is 887. The smallest absolute Gasteiger partial charge is 0.409 e. The van der Waals surface area contributed by atoms with Gasteiger partial charge in [-0.1, -0.05) is 35.9 Å². The lowest BCUT2D eigenvalue weighted by atomic mass is 9.97. The van der Waals surface area contributed by atoms with Gasteiger partial charge < -0.3 is 14.4 Å². The molecule has 1 atom stereocenters. The average Bonchev–Trinajstić information content (AvgIpc) is 2.91. The molecule has 0 bridgehead atoms. The van der Waals surface area contributed by atoms with Crippen molar-refractivity contribution >= 4 is 29.5 Å². The maximum absolute atomic E-state index is 11.9. The van der Waals surface area contributed by atoms with Crippen LogP contribution in [-0.2, 0) is 15.2 Å². The minimum Gasteiger partial charge on any atom is -0.450 e. The van der Waals surface area contributed by atoms with Crippen LogP contribution < -0.4 is 0 Å². The first-order valence-electron chi connectivity index (χ1n) is 10.4. The van der Waals surface area contributed by atoms with Gasteiger partial charge in [0.05, 0.1) is 13.2 Å². The molecule has 2 aromatic rings. The van der Waals surface area contributed by atoms with Crippen LogP contribution in [0.25, 0.3) is 0 Å². The van der Waals surface area contributed by atoms with Crippen molar-refractivity contribution in [3.05, 3.63) is 64.2 Å². The molecule has 30 heavy (non-hydrogen) atoms. The molecular formula is C23H27ClN2O3S. The summed E-state index contributed by atoms with van der Waals surface area (Å²) in [4.78, 5) is 17.2. The van der Waals surface area contributed by atoms with E-state index in [2.05, 4.69) is 35.2 Å². The van der Waals surface area contributed by atoms with Gasteiger partial charge >= 0.3 is 6.09 Å². The van der Waals surface area contributed by atoms with Crippen molar-refractivity contribution in [2.75, 3.05) is 45.9 Å². The summed E-state index contributed by atoms with van der Waals surface area (Å²) in [6, 6.07) is 14.6. The topological polar surface area (TPSA) is 42.0 Å². The molecular weight excluding hydrogens is 420 g/mol. The summed E-state index contributed by atoms with van der Waals surface area (Å²) in [7, 11) is 0. The second kappa shape index (κ2) is 10.1. The molecule has 2 aliphatic heterocycles. The van der Waals surface area contributed by atoms with Crippen molar-refractivity contribution in [2.45, 2.75) is 23.7 Å². The highest BCUT2D eigenvalue weighted by molar-refractivity contribution is 7.98. The molecule has 1 fully saturated rings. The highest BCUT2D eigenvalue weighted by Crippen LogP contribution is 2.42. The van der Waals surface area contributed by atoms with Gasteiger partial charge in [-0.3, -0.25) is 4.90 Å². The van der Waals surface area contributed by atoms with E-state index >= 15 is 0 Å². The number of fused-ring (bicyclic) bond motifs is 2. The van der Waals surface area contributed by atoms with Gasteiger partial charge in [-0.05, 0) is 36.2 Å². The van der Waals surface area contributed by atoms with E-state index in [1.54, 1.807) is 4.90 Å². The normalized spacial score (nSPS) is 19.0.